The van der Waals surface area contributed by atoms with Crippen molar-refractivity contribution in [2.75, 3.05) is 19.3 Å². The molecule has 6 heteroatoms. The Hall–Kier alpha value is -1.01. The fourth-order valence-corrected chi connectivity index (χ4v) is 3.66. The smallest absolute Gasteiger partial charge is 0.154 e. The Morgan fingerprint density at radius 3 is 2.12 bits per heavy atom. The minimum Gasteiger partial charge on any atom is -0.316 e. The first kappa shape index (κ1) is 12.4. The summed E-state index contributed by atoms with van der Waals surface area (Å²) < 4.78 is 49.7. The van der Waals surface area contributed by atoms with Crippen molar-refractivity contribution in [1.82, 2.24) is 5.32 Å². The second-order valence-corrected chi connectivity index (χ2v) is 6.54. The topological polar surface area (TPSA) is 46.2 Å². The van der Waals surface area contributed by atoms with Gasteiger partial charge in [-0.3, -0.25) is 0 Å². The van der Waals surface area contributed by atoms with Crippen LogP contribution in [0.2, 0.25) is 0 Å². The lowest BCUT2D eigenvalue weighted by Crippen LogP contribution is -2.47. The van der Waals surface area contributed by atoms with Crippen molar-refractivity contribution in [3.63, 3.8) is 0 Å². The largest absolute Gasteiger partial charge is 0.316 e. The third-order valence-electron chi connectivity index (χ3n) is 2.92. The standard InChI is InChI=1S/C11H13F2NO2S/c1-17(15,16)11(8-5-14-6-8)7-2-9(12)4-10(13)3-7/h2-4,8,11,14H,5-6H2,1H3/t11-/m0/s1. The summed E-state index contributed by atoms with van der Waals surface area (Å²) in [6, 6.07) is 2.92. The molecule has 0 saturated carbocycles. The lowest BCUT2D eigenvalue weighted by atomic mass is 9.93. The third-order valence-corrected chi connectivity index (χ3v) is 4.50. The molecule has 1 saturated heterocycles. The van der Waals surface area contributed by atoms with E-state index < -0.39 is 26.7 Å². The average Bonchev–Trinajstić information content (AvgIpc) is 2.06. The molecule has 2 rings (SSSR count). The molecule has 1 fully saturated rings. The van der Waals surface area contributed by atoms with Crippen molar-refractivity contribution in [2.24, 2.45) is 5.92 Å². The van der Waals surface area contributed by atoms with Gasteiger partial charge in [0, 0.05) is 31.3 Å². The number of sulfone groups is 1. The zero-order chi connectivity index (χ0) is 12.6. The molecule has 1 heterocycles. The Morgan fingerprint density at radius 2 is 1.76 bits per heavy atom. The van der Waals surface area contributed by atoms with Crippen LogP contribution in [0.25, 0.3) is 0 Å². The summed E-state index contributed by atoms with van der Waals surface area (Å²) in [5.41, 5.74) is 0.191. The van der Waals surface area contributed by atoms with E-state index in [1.807, 2.05) is 0 Å². The van der Waals surface area contributed by atoms with Gasteiger partial charge in [0.15, 0.2) is 9.84 Å². The van der Waals surface area contributed by atoms with Gasteiger partial charge >= 0.3 is 0 Å². The molecule has 0 aliphatic carbocycles. The second kappa shape index (κ2) is 4.34. The second-order valence-electron chi connectivity index (χ2n) is 4.37. The van der Waals surface area contributed by atoms with Crippen LogP contribution in [0.15, 0.2) is 18.2 Å². The number of hydrogen-bond acceptors (Lipinski definition) is 3. The predicted octanol–water partition coefficient (Wildman–Crippen LogP) is 1.27. The quantitative estimate of drug-likeness (QED) is 0.891. The monoisotopic (exact) mass is 261 g/mol. The van der Waals surface area contributed by atoms with Crippen molar-refractivity contribution in [3.8, 4) is 0 Å². The van der Waals surface area contributed by atoms with Gasteiger partial charge in [-0.05, 0) is 17.7 Å². The van der Waals surface area contributed by atoms with E-state index in [0.717, 1.165) is 24.5 Å². The van der Waals surface area contributed by atoms with E-state index in [1.165, 1.54) is 0 Å². The van der Waals surface area contributed by atoms with E-state index in [0.29, 0.717) is 13.1 Å². The predicted molar refractivity (Wildman–Crippen MR) is 60.3 cm³/mol. The van der Waals surface area contributed by atoms with Gasteiger partial charge in [0.1, 0.15) is 11.6 Å². The van der Waals surface area contributed by atoms with Crippen LogP contribution in [-0.4, -0.2) is 27.8 Å². The molecule has 1 aromatic carbocycles. The van der Waals surface area contributed by atoms with E-state index in [9.17, 15) is 17.2 Å². The van der Waals surface area contributed by atoms with Crippen LogP contribution in [-0.2, 0) is 9.84 Å². The first-order valence-electron chi connectivity index (χ1n) is 5.23. The molecular formula is C11H13F2NO2S. The summed E-state index contributed by atoms with van der Waals surface area (Å²) in [5.74, 6) is -1.62. The van der Waals surface area contributed by atoms with Gasteiger partial charge in [0.05, 0.1) is 5.25 Å². The van der Waals surface area contributed by atoms with Crippen molar-refractivity contribution >= 4 is 9.84 Å². The fraction of sp³-hybridized carbons (Fsp3) is 0.455. The summed E-state index contributed by atoms with van der Waals surface area (Å²) in [4.78, 5) is 0. The van der Waals surface area contributed by atoms with Crippen LogP contribution in [0.5, 0.6) is 0 Å². The normalized spacial score (nSPS) is 18.8. The molecule has 0 spiro atoms. The van der Waals surface area contributed by atoms with E-state index in [1.54, 1.807) is 0 Å². The Morgan fingerprint density at radius 1 is 1.24 bits per heavy atom. The van der Waals surface area contributed by atoms with Crippen LogP contribution >= 0.6 is 0 Å². The zero-order valence-corrected chi connectivity index (χ0v) is 10.1. The molecule has 17 heavy (non-hydrogen) atoms. The van der Waals surface area contributed by atoms with Crippen LogP contribution in [0, 0.1) is 17.6 Å². The van der Waals surface area contributed by atoms with Crippen LogP contribution in [0.4, 0.5) is 8.78 Å². The maximum absolute atomic E-state index is 13.1. The maximum Gasteiger partial charge on any atom is 0.154 e. The van der Waals surface area contributed by atoms with Gasteiger partial charge in [-0.25, -0.2) is 17.2 Å². The molecule has 0 amide bonds. The fourth-order valence-electron chi connectivity index (χ4n) is 2.13. The molecule has 1 aliphatic heterocycles. The van der Waals surface area contributed by atoms with Crippen LogP contribution in [0.1, 0.15) is 10.8 Å². The molecule has 0 bridgehead atoms. The summed E-state index contributed by atoms with van der Waals surface area (Å²) in [6.45, 7) is 1.10. The molecule has 1 aliphatic rings. The highest BCUT2D eigenvalue weighted by atomic mass is 32.2. The van der Waals surface area contributed by atoms with Crippen molar-refractivity contribution in [2.45, 2.75) is 5.25 Å². The first-order chi connectivity index (χ1) is 7.88. The van der Waals surface area contributed by atoms with Gasteiger partial charge in [-0.15, -0.1) is 0 Å². The highest BCUT2D eigenvalue weighted by Gasteiger charge is 2.35. The minimum absolute atomic E-state index is 0.119. The Balaban J connectivity index is 2.45. The molecule has 0 radical (unpaired) electrons. The van der Waals surface area contributed by atoms with E-state index in [-0.39, 0.29) is 11.5 Å². The van der Waals surface area contributed by atoms with Crippen LogP contribution in [0.3, 0.4) is 0 Å². The molecule has 0 aromatic heterocycles. The van der Waals surface area contributed by atoms with Gasteiger partial charge < -0.3 is 5.32 Å². The number of rotatable bonds is 3. The number of hydrogen-bond donors (Lipinski definition) is 1. The van der Waals surface area contributed by atoms with Crippen LogP contribution < -0.4 is 5.32 Å². The Labute approximate surface area is 98.8 Å². The molecule has 0 unspecified atom stereocenters. The van der Waals surface area contributed by atoms with Gasteiger partial charge in [0.25, 0.3) is 0 Å². The lowest BCUT2D eigenvalue weighted by Gasteiger charge is -2.33. The van der Waals surface area contributed by atoms with E-state index in [4.69, 9.17) is 0 Å². The maximum atomic E-state index is 13.1. The highest BCUT2D eigenvalue weighted by molar-refractivity contribution is 7.90. The zero-order valence-electron chi connectivity index (χ0n) is 9.28. The summed E-state index contributed by atoms with van der Waals surface area (Å²) in [7, 11) is -3.38. The SMILES string of the molecule is CS(=O)(=O)[C@@H](c1cc(F)cc(F)c1)C1CNC1. The summed E-state index contributed by atoms with van der Waals surface area (Å²) in [5, 5.41) is 2.12. The lowest BCUT2D eigenvalue weighted by molar-refractivity contribution is 0.331. The molecule has 3 nitrogen and oxygen atoms in total. The summed E-state index contributed by atoms with van der Waals surface area (Å²) >= 11 is 0. The molecule has 1 N–H and O–H groups in total. The van der Waals surface area contributed by atoms with E-state index >= 15 is 0 Å². The first-order valence-corrected chi connectivity index (χ1v) is 7.19. The molecular weight excluding hydrogens is 248 g/mol. The Bertz CT molecular complexity index is 506. The average molecular weight is 261 g/mol. The third kappa shape index (κ3) is 2.63. The van der Waals surface area contributed by atoms with Crippen molar-refractivity contribution < 1.29 is 17.2 Å². The number of nitrogens with one attached hydrogen (secondary N) is 1. The van der Waals surface area contributed by atoms with Crippen molar-refractivity contribution in [3.05, 3.63) is 35.4 Å². The van der Waals surface area contributed by atoms with Gasteiger partial charge in [0.2, 0.25) is 0 Å². The van der Waals surface area contributed by atoms with Gasteiger partial charge in [-0.1, -0.05) is 0 Å². The van der Waals surface area contributed by atoms with Crippen molar-refractivity contribution in [1.29, 1.82) is 0 Å². The molecule has 1 aromatic rings. The summed E-state index contributed by atoms with van der Waals surface area (Å²) in [6.07, 6.45) is 1.10. The number of benzene rings is 1. The van der Waals surface area contributed by atoms with E-state index in [2.05, 4.69) is 5.32 Å². The molecule has 94 valence electrons. The minimum atomic E-state index is -3.38. The number of halogens is 2. The molecule has 1 atom stereocenters. The van der Waals surface area contributed by atoms with Gasteiger partial charge in [-0.2, -0.15) is 0 Å². The highest BCUT2D eigenvalue weighted by Crippen LogP contribution is 2.33. The Kier molecular flexibility index (Phi) is 3.18.